The van der Waals surface area contributed by atoms with Crippen molar-refractivity contribution in [1.82, 2.24) is 4.90 Å². The quantitative estimate of drug-likeness (QED) is 0.847. The molecule has 140 valence electrons. The Kier molecular flexibility index (Phi) is 4.71. The van der Waals surface area contributed by atoms with E-state index in [1.54, 1.807) is 7.05 Å². The standard InChI is InChI=1S/C21H22N2O4/c1-23(12-17-13-26-18-7-2-3-8-19(18)27-17)21(25)20(24)22-16-10-9-14-5-4-6-15(14)11-16/h2-3,7-11,17H,4-6,12-13H2,1H3,(H,22,24)/t17-/m0/s1. The number of aryl methyl sites for hydroxylation is 2. The number of rotatable bonds is 3. The molecule has 1 atom stereocenters. The lowest BCUT2D eigenvalue weighted by Gasteiger charge is -2.29. The summed E-state index contributed by atoms with van der Waals surface area (Å²) in [7, 11) is 1.59. The largest absolute Gasteiger partial charge is 0.486 e. The van der Waals surface area contributed by atoms with Crippen LogP contribution in [0.2, 0.25) is 0 Å². The second-order valence-corrected chi connectivity index (χ2v) is 6.97. The summed E-state index contributed by atoms with van der Waals surface area (Å²) in [5, 5.41) is 2.70. The minimum atomic E-state index is -0.646. The fourth-order valence-electron chi connectivity index (χ4n) is 3.55. The average molecular weight is 366 g/mol. The van der Waals surface area contributed by atoms with E-state index >= 15 is 0 Å². The van der Waals surface area contributed by atoms with Gasteiger partial charge in [-0.05, 0) is 54.7 Å². The molecule has 0 unspecified atom stereocenters. The molecule has 1 N–H and O–H groups in total. The van der Waals surface area contributed by atoms with Gasteiger partial charge in [0.2, 0.25) is 0 Å². The lowest BCUT2D eigenvalue weighted by Crippen LogP contribution is -2.45. The topological polar surface area (TPSA) is 67.9 Å². The number of benzene rings is 2. The van der Waals surface area contributed by atoms with Crippen LogP contribution >= 0.6 is 0 Å². The zero-order valence-corrected chi connectivity index (χ0v) is 15.2. The van der Waals surface area contributed by atoms with Crippen molar-refractivity contribution in [3.63, 3.8) is 0 Å². The van der Waals surface area contributed by atoms with Crippen LogP contribution in [0.15, 0.2) is 42.5 Å². The maximum Gasteiger partial charge on any atom is 0.313 e. The van der Waals surface area contributed by atoms with E-state index in [0.717, 1.165) is 19.3 Å². The van der Waals surface area contributed by atoms with Crippen LogP contribution in [0, 0.1) is 0 Å². The normalized spacial score (nSPS) is 17.1. The molecule has 0 saturated carbocycles. The molecule has 1 aliphatic heterocycles. The lowest BCUT2D eigenvalue weighted by molar-refractivity contribution is -0.143. The summed E-state index contributed by atoms with van der Waals surface area (Å²) < 4.78 is 11.5. The van der Waals surface area contributed by atoms with E-state index < -0.39 is 11.8 Å². The molecule has 2 aromatic rings. The SMILES string of the molecule is CN(C[C@H]1COc2ccccc2O1)C(=O)C(=O)Nc1ccc2c(c1)CCC2. The van der Waals surface area contributed by atoms with Crippen molar-refractivity contribution >= 4 is 17.5 Å². The Morgan fingerprint density at radius 3 is 2.74 bits per heavy atom. The van der Waals surface area contributed by atoms with Crippen LogP contribution in [0.4, 0.5) is 5.69 Å². The molecular weight excluding hydrogens is 344 g/mol. The van der Waals surface area contributed by atoms with Gasteiger partial charge in [0.15, 0.2) is 17.6 Å². The van der Waals surface area contributed by atoms with Gasteiger partial charge in [-0.3, -0.25) is 9.59 Å². The number of anilines is 1. The zero-order chi connectivity index (χ0) is 18.8. The number of nitrogens with one attached hydrogen (secondary N) is 1. The van der Waals surface area contributed by atoms with Crippen LogP contribution in [-0.2, 0) is 22.4 Å². The Morgan fingerprint density at radius 1 is 1.11 bits per heavy atom. The number of carbonyl (C=O) groups excluding carboxylic acids is 2. The van der Waals surface area contributed by atoms with E-state index in [1.165, 1.54) is 16.0 Å². The van der Waals surface area contributed by atoms with Gasteiger partial charge in [-0.1, -0.05) is 18.2 Å². The van der Waals surface area contributed by atoms with Crippen molar-refractivity contribution in [2.75, 3.05) is 25.5 Å². The molecule has 0 bridgehead atoms. The molecule has 2 aromatic carbocycles. The Bertz CT molecular complexity index is 880. The number of fused-ring (bicyclic) bond motifs is 2. The van der Waals surface area contributed by atoms with Crippen LogP contribution in [0.25, 0.3) is 0 Å². The van der Waals surface area contributed by atoms with Gasteiger partial charge >= 0.3 is 11.8 Å². The summed E-state index contributed by atoms with van der Waals surface area (Å²) >= 11 is 0. The Balaban J connectivity index is 1.34. The van der Waals surface area contributed by atoms with E-state index in [0.29, 0.717) is 23.8 Å². The molecule has 2 amide bonds. The number of para-hydroxylation sites is 2. The molecule has 0 aromatic heterocycles. The molecule has 1 heterocycles. The molecule has 1 aliphatic carbocycles. The monoisotopic (exact) mass is 366 g/mol. The van der Waals surface area contributed by atoms with Crippen LogP contribution in [0.3, 0.4) is 0 Å². The highest BCUT2D eigenvalue weighted by atomic mass is 16.6. The predicted octanol–water partition coefficient (Wildman–Crippen LogP) is 2.41. The van der Waals surface area contributed by atoms with E-state index in [2.05, 4.69) is 5.32 Å². The van der Waals surface area contributed by atoms with E-state index in [4.69, 9.17) is 9.47 Å². The van der Waals surface area contributed by atoms with Crippen molar-refractivity contribution in [2.24, 2.45) is 0 Å². The first-order chi connectivity index (χ1) is 13.1. The number of hydrogen-bond donors (Lipinski definition) is 1. The van der Waals surface area contributed by atoms with E-state index in [1.807, 2.05) is 42.5 Å². The van der Waals surface area contributed by atoms with Gasteiger partial charge in [0.1, 0.15) is 6.61 Å². The maximum absolute atomic E-state index is 12.4. The third kappa shape index (κ3) is 3.74. The Hall–Kier alpha value is -3.02. The molecule has 6 heteroatoms. The van der Waals surface area contributed by atoms with Crippen LogP contribution < -0.4 is 14.8 Å². The second kappa shape index (κ2) is 7.31. The highest BCUT2D eigenvalue weighted by molar-refractivity contribution is 6.39. The van der Waals surface area contributed by atoms with Crippen LogP contribution in [-0.4, -0.2) is 43.0 Å². The minimum absolute atomic E-state index is 0.269. The van der Waals surface area contributed by atoms with Crippen LogP contribution in [0.5, 0.6) is 11.5 Å². The number of carbonyl (C=O) groups is 2. The maximum atomic E-state index is 12.4. The van der Waals surface area contributed by atoms with Gasteiger partial charge < -0.3 is 19.7 Å². The summed E-state index contributed by atoms with van der Waals surface area (Å²) in [5.41, 5.74) is 3.24. The third-order valence-corrected chi connectivity index (χ3v) is 4.94. The average Bonchev–Trinajstić information content (AvgIpc) is 3.15. The molecule has 0 spiro atoms. The number of hydrogen-bond acceptors (Lipinski definition) is 4. The van der Waals surface area contributed by atoms with Gasteiger partial charge in [0.25, 0.3) is 0 Å². The fraction of sp³-hybridized carbons (Fsp3) is 0.333. The molecule has 27 heavy (non-hydrogen) atoms. The van der Waals surface area contributed by atoms with Crippen LogP contribution in [0.1, 0.15) is 17.5 Å². The van der Waals surface area contributed by atoms with Gasteiger partial charge in [-0.25, -0.2) is 0 Å². The highest BCUT2D eigenvalue weighted by Crippen LogP contribution is 2.31. The Labute approximate surface area is 158 Å². The first-order valence-electron chi connectivity index (χ1n) is 9.17. The second-order valence-electron chi connectivity index (χ2n) is 6.97. The third-order valence-electron chi connectivity index (χ3n) is 4.94. The molecule has 0 radical (unpaired) electrons. The highest BCUT2D eigenvalue weighted by Gasteiger charge is 2.26. The lowest BCUT2D eigenvalue weighted by atomic mass is 10.1. The molecule has 0 fully saturated rings. The molecular formula is C21H22N2O4. The van der Waals surface area contributed by atoms with Gasteiger partial charge in [0, 0.05) is 12.7 Å². The van der Waals surface area contributed by atoms with Gasteiger partial charge in [-0.2, -0.15) is 0 Å². The van der Waals surface area contributed by atoms with Crippen molar-refractivity contribution in [1.29, 1.82) is 0 Å². The molecule has 6 nitrogen and oxygen atoms in total. The van der Waals surface area contributed by atoms with Crippen molar-refractivity contribution in [3.05, 3.63) is 53.6 Å². The van der Waals surface area contributed by atoms with E-state index in [-0.39, 0.29) is 12.6 Å². The number of likely N-dealkylation sites (N-methyl/N-ethyl adjacent to an activating group) is 1. The van der Waals surface area contributed by atoms with E-state index in [9.17, 15) is 9.59 Å². The molecule has 2 aliphatic rings. The van der Waals surface area contributed by atoms with Crippen molar-refractivity contribution in [2.45, 2.75) is 25.4 Å². The van der Waals surface area contributed by atoms with Crippen molar-refractivity contribution < 1.29 is 19.1 Å². The first-order valence-corrected chi connectivity index (χ1v) is 9.17. The summed E-state index contributed by atoms with van der Waals surface area (Å²) in [6.07, 6.45) is 2.92. The number of ether oxygens (including phenoxy) is 2. The summed E-state index contributed by atoms with van der Waals surface area (Å²) in [4.78, 5) is 26.1. The predicted molar refractivity (Wildman–Crippen MR) is 101 cm³/mol. The van der Waals surface area contributed by atoms with Gasteiger partial charge in [0.05, 0.1) is 6.54 Å². The minimum Gasteiger partial charge on any atom is -0.486 e. The number of nitrogens with zero attached hydrogens (tertiary/aromatic N) is 1. The molecule has 4 rings (SSSR count). The molecule has 0 saturated heterocycles. The Morgan fingerprint density at radius 2 is 1.89 bits per heavy atom. The summed E-state index contributed by atoms with van der Waals surface area (Å²) in [6, 6.07) is 13.2. The smallest absolute Gasteiger partial charge is 0.313 e. The van der Waals surface area contributed by atoms with Gasteiger partial charge in [-0.15, -0.1) is 0 Å². The first kappa shape index (κ1) is 17.4. The summed E-state index contributed by atoms with van der Waals surface area (Å²) in [6.45, 7) is 0.603. The number of amides is 2. The fourth-order valence-corrected chi connectivity index (χ4v) is 3.55. The summed E-state index contributed by atoms with van der Waals surface area (Å²) in [5.74, 6) is 0.0970. The van der Waals surface area contributed by atoms with Crippen molar-refractivity contribution in [3.8, 4) is 11.5 Å². The zero-order valence-electron chi connectivity index (χ0n) is 15.2.